The zero-order valence-electron chi connectivity index (χ0n) is 15.2. The highest BCUT2D eigenvalue weighted by Crippen LogP contribution is 2.15. The van der Waals surface area contributed by atoms with Gasteiger partial charge in [0.1, 0.15) is 0 Å². The van der Waals surface area contributed by atoms with Crippen molar-refractivity contribution in [2.24, 2.45) is 5.92 Å². The number of nitrogens with zero attached hydrogens (tertiary/aromatic N) is 2. The second-order valence-corrected chi connectivity index (χ2v) is 6.89. The second kappa shape index (κ2) is 8.96. The van der Waals surface area contributed by atoms with Gasteiger partial charge < -0.3 is 15.0 Å². The maximum absolute atomic E-state index is 12.4. The summed E-state index contributed by atoms with van der Waals surface area (Å²) in [5.41, 5.74) is 1.20. The third-order valence-corrected chi connectivity index (χ3v) is 5.00. The normalized spacial score (nSPS) is 20.8. The molecule has 6 heteroatoms. The molecule has 140 valence electrons. The van der Waals surface area contributed by atoms with Crippen molar-refractivity contribution in [3.8, 4) is 0 Å². The minimum absolute atomic E-state index is 0.00600. The van der Waals surface area contributed by atoms with E-state index in [-0.39, 0.29) is 11.8 Å². The molecule has 2 amide bonds. The van der Waals surface area contributed by atoms with Crippen LogP contribution in [0.5, 0.6) is 0 Å². The first-order valence-electron chi connectivity index (χ1n) is 9.26. The standard InChI is InChI=1S/C20H27N3O3/c1-2-8-22-9-7-16(15-22)14-21-19(24)17-3-5-18(6-4-17)20(25)23-10-12-26-13-11-23/h2-6,16H,1,7-15H2,(H,21,24). The van der Waals surface area contributed by atoms with Crippen LogP contribution >= 0.6 is 0 Å². The molecule has 26 heavy (non-hydrogen) atoms. The number of hydrogen-bond acceptors (Lipinski definition) is 4. The molecule has 2 aliphatic heterocycles. The summed E-state index contributed by atoms with van der Waals surface area (Å²) in [7, 11) is 0. The van der Waals surface area contributed by atoms with Crippen LogP contribution in [0.25, 0.3) is 0 Å². The summed E-state index contributed by atoms with van der Waals surface area (Å²) in [6.45, 7) is 9.81. The van der Waals surface area contributed by atoms with Crippen molar-refractivity contribution in [1.82, 2.24) is 15.1 Å². The van der Waals surface area contributed by atoms with Gasteiger partial charge in [0.25, 0.3) is 11.8 Å². The number of rotatable bonds is 6. The first kappa shape index (κ1) is 18.6. The smallest absolute Gasteiger partial charge is 0.254 e. The summed E-state index contributed by atoms with van der Waals surface area (Å²) in [4.78, 5) is 28.9. The molecule has 0 aliphatic carbocycles. The van der Waals surface area contributed by atoms with Crippen molar-refractivity contribution in [3.05, 3.63) is 48.0 Å². The van der Waals surface area contributed by atoms with E-state index in [4.69, 9.17) is 4.74 Å². The van der Waals surface area contributed by atoms with Gasteiger partial charge in [0.15, 0.2) is 0 Å². The Balaban J connectivity index is 1.49. The molecule has 0 bridgehead atoms. The summed E-state index contributed by atoms with van der Waals surface area (Å²) >= 11 is 0. The Morgan fingerprint density at radius 2 is 1.85 bits per heavy atom. The average molecular weight is 357 g/mol. The maximum Gasteiger partial charge on any atom is 0.254 e. The lowest BCUT2D eigenvalue weighted by Crippen LogP contribution is -2.40. The van der Waals surface area contributed by atoms with Crippen LogP contribution in [-0.2, 0) is 4.74 Å². The monoisotopic (exact) mass is 357 g/mol. The number of hydrogen-bond donors (Lipinski definition) is 1. The van der Waals surface area contributed by atoms with Gasteiger partial charge in [-0.25, -0.2) is 0 Å². The first-order chi connectivity index (χ1) is 12.7. The molecule has 2 aliphatic rings. The van der Waals surface area contributed by atoms with E-state index in [0.29, 0.717) is 49.9 Å². The minimum atomic E-state index is -0.0856. The number of carbonyl (C=O) groups is 2. The average Bonchev–Trinajstić information content (AvgIpc) is 3.14. The number of amides is 2. The highest BCUT2D eigenvalue weighted by atomic mass is 16.5. The Morgan fingerprint density at radius 3 is 2.54 bits per heavy atom. The zero-order chi connectivity index (χ0) is 18.4. The number of nitrogens with one attached hydrogen (secondary N) is 1. The molecular formula is C20H27N3O3. The summed E-state index contributed by atoms with van der Waals surface area (Å²) < 4.78 is 5.27. The fraction of sp³-hybridized carbons (Fsp3) is 0.500. The van der Waals surface area contributed by atoms with E-state index < -0.39 is 0 Å². The molecular weight excluding hydrogens is 330 g/mol. The van der Waals surface area contributed by atoms with Gasteiger partial charge in [0.2, 0.25) is 0 Å². The Kier molecular flexibility index (Phi) is 6.41. The van der Waals surface area contributed by atoms with Crippen molar-refractivity contribution in [1.29, 1.82) is 0 Å². The molecule has 0 aromatic heterocycles. The van der Waals surface area contributed by atoms with Crippen molar-refractivity contribution >= 4 is 11.8 Å². The van der Waals surface area contributed by atoms with E-state index in [2.05, 4.69) is 16.8 Å². The molecule has 1 aromatic carbocycles. The maximum atomic E-state index is 12.4. The van der Waals surface area contributed by atoms with Gasteiger partial charge in [-0.1, -0.05) is 6.08 Å². The lowest BCUT2D eigenvalue weighted by Gasteiger charge is -2.26. The molecule has 1 unspecified atom stereocenters. The number of morpholine rings is 1. The van der Waals surface area contributed by atoms with Gasteiger partial charge in [-0.15, -0.1) is 6.58 Å². The zero-order valence-corrected chi connectivity index (χ0v) is 15.2. The fourth-order valence-electron chi connectivity index (χ4n) is 3.48. The van der Waals surface area contributed by atoms with Gasteiger partial charge >= 0.3 is 0 Å². The Hall–Kier alpha value is -2.18. The molecule has 2 fully saturated rings. The molecule has 0 spiro atoms. The molecule has 2 saturated heterocycles. The van der Waals surface area contributed by atoms with E-state index in [1.165, 1.54) is 0 Å². The van der Waals surface area contributed by atoms with Crippen LogP contribution in [0.15, 0.2) is 36.9 Å². The largest absolute Gasteiger partial charge is 0.378 e. The van der Waals surface area contributed by atoms with Crippen molar-refractivity contribution in [3.63, 3.8) is 0 Å². The third-order valence-electron chi connectivity index (χ3n) is 5.00. The number of benzene rings is 1. The molecule has 0 saturated carbocycles. The molecule has 1 atom stereocenters. The lowest BCUT2D eigenvalue weighted by molar-refractivity contribution is 0.0303. The van der Waals surface area contributed by atoms with Crippen molar-refractivity contribution in [2.45, 2.75) is 6.42 Å². The summed E-state index contributed by atoms with van der Waals surface area (Å²) in [5.74, 6) is 0.395. The van der Waals surface area contributed by atoms with Crippen LogP contribution in [0.2, 0.25) is 0 Å². The van der Waals surface area contributed by atoms with Crippen molar-refractivity contribution < 1.29 is 14.3 Å². The van der Waals surface area contributed by atoms with E-state index in [9.17, 15) is 9.59 Å². The van der Waals surface area contributed by atoms with Gasteiger partial charge in [0.05, 0.1) is 13.2 Å². The highest BCUT2D eigenvalue weighted by molar-refractivity contribution is 5.97. The summed E-state index contributed by atoms with van der Waals surface area (Å²) in [6, 6.07) is 6.91. The molecule has 1 aromatic rings. The Bertz CT molecular complexity index is 638. The Morgan fingerprint density at radius 1 is 1.15 bits per heavy atom. The lowest BCUT2D eigenvalue weighted by atomic mass is 10.1. The van der Waals surface area contributed by atoms with E-state index in [1.54, 1.807) is 29.2 Å². The van der Waals surface area contributed by atoms with Crippen LogP contribution < -0.4 is 5.32 Å². The summed E-state index contributed by atoms with van der Waals surface area (Å²) in [5, 5.41) is 3.01. The number of ether oxygens (including phenoxy) is 1. The minimum Gasteiger partial charge on any atom is -0.378 e. The fourth-order valence-corrected chi connectivity index (χ4v) is 3.48. The topological polar surface area (TPSA) is 61.9 Å². The van der Waals surface area contributed by atoms with Gasteiger partial charge in [-0.05, 0) is 43.1 Å². The Labute approximate surface area is 154 Å². The van der Waals surface area contributed by atoms with E-state index >= 15 is 0 Å². The molecule has 0 radical (unpaired) electrons. The quantitative estimate of drug-likeness (QED) is 0.782. The van der Waals surface area contributed by atoms with Crippen LogP contribution in [0.3, 0.4) is 0 Å². The van der Waals surface area contributed by atoms with Gasteiger partial charge in [-0.3, -0.25) is 14.5 Å². The SMILES string of the molecule is C=CCN1CCC(CNC(=O)c2ccc(C(=O)N3CCOCC3)cc2)C1. The van der Waals surface area contributed by atoms with Crippen LogP contribution in [0, 0.1) is 5.92 Å². The van der Waals surface area contributed by atoms with E-state index in [0.717, 1.165) is 26.1 Å². The van der Waals surface area contributed by atoms with E-state index in [1.807, 2.05) is 6.08 Å². The van der Waals surface area contributed by atoms with Crippen molar-refractivity contribution in [2.75, 3.05) is 52.5 Å². The summed E-state index contributed by atoms with van der Waals surface area (Å²) in [6.07, 6.45) is 3.02. The third kappa shape index (κ3) is 4.71. The van der Waals surface area contributed by atoms with Gasteiger partial charge in [0, 0.05) is 43.9 Å². The van der Waals surface area contributed by atoms with Crippen LogP contribution in [0.4, 0.5) is 0 Å². The van der Waals surface area contributed by atoms with Gasteiger partial charge in [-0.2, -0.15) is 0 Å². The molecule has 6 nitrogen and oxygen atoms in total. The van der Waals surface area contributed by atoms with Crippen LogP contribution in [-0.4, -0.2) is 74.1 Å². The molecule has 3 rings (SSSR count). The first-order valence-corrected chi connectivity index (χ1v) is 9.26. The number of carbonyl (C=O) groups excluding carboxylic acids is 2. The number of likely N-dealkylation sites (tertiary alicyclic amines) is 1. The molecule has 1 N–H and O–H groups in total. The predicted molar refractivity (Wildman–Crippen MR) is 100 cm³/mol. The second-order valence-electron chi connectivity index (χ2n) is 6.89. The highest BCUT2D eigenvalue weighted by Gasteiger charge is 2.22. The van der Waals surface area contributed by atoms with Crippen LogP contribution in [0.1, 0.15) is 27.1 Å². The predicted octanol–water partition coefficient (Wildman–Crippen LogP) is 1.40. The molecule has 2 heterocycles.